The van der Waals surface area contributed by atoms with Crippen LogP contribution in [0.2, 0.25) is 5.02 Å². The van der Waals surface area contributed by atoms with Gasteiger partial charge in [-0.1, -0.05) is 42.6 Å². The number of halogens is 1. The Labute approximate surface area is 206 Å². The Morgan fingerprint density at radius 1 is 1.12 bits per heavy atom. The van der Waals surface area contributed by atoms with Gasteiger partial charge in [0.25, 0.3) is 0 Å². The molecule has 1 amide bonds. The summed E-state index contributed by atoms with van der Waals surface area (Å²) >= 11 is 6.31. The van der Waals surface area contributed by atoms with Crippen molar-refractivity contribution in [2.45, 2.75) is 63.1 Å². The van der Waals surface area contributed by atoms with Crippen LogP contribution < -0.4 is 10.6 Å². The summed E-state index contributed by atoms with van der Waals surface area (Å²) < 4.78 is 0. The number of rotatable bonds is 9. The minimum atomic E-state index is -0.643. The zero-order valence-electron chi connectivity index (χ0n) is 19.5. The monoisotopic (exact) mass is 480 g/mol. The van der Waals surface area contributed by atoms with Crippen LogP contribution in [0, 0.1) is 5.92 Å². The first-order valence-corrected chi connectivity index (χ1v) is 12.9. The molecule has 2 heterocycles. The van der Waals surface area contributed by atoms with Crippen molar-refractivity contribution in [1.29, 1.82) is 0 Å². The number of piperidine rings is 1. The van der Waals surface area contributed by atoms with Gasteiger partial charge >= 0.3 is 0 Å². The second-order valence-electron chi connectivity index (χ2n) is 9.80. The molecule has 0 unspecified atom stereocenters. The van der Waals surface area contributed by atoms with Gasteiger partial charge in [0.15, 0.2) is 5.84 Å². The van der Waals surface area contributed by atoms with E-state index in [1.54, 1.807) is 6.20 Å². The minimum Gasteiger partial charge on any atom is -0.355 e. The third-order valence-corrected chi connectivity index (χ3v) is 7.50. The first-order valence-electron chi connectivity index (χ1n) is 12.5. The summed E-state index contributed by atoms with van der Waals surface area (Å²) in [5, 5.41) is 16.0. The van der Waals surface area contributed by atoms with Gasteiger partial charge in [0.05, 0.1) is 0 Å². The predicted octanol–water partition coefficient (Wildman–Crippen LogP) is 3.58. The second kappa shape index (κ2) is 10.4. The van der Waals surface area contributed by atoms with Crippen LogP contribution in [0.5, 0.6) is 0 Å². The SMILES string of the molecule is O=C(NCCC1CC1)C1(N=C(c2cccnn2)N2CCC(NCc3ccccc3Cl)CC2)CC1. The molecule has 1 saturated heterocycles. The van der Waals surface area contributed by atoms with Crippen molar-refractivity contribution in [1.82, 2.24) is 25.7 Å². The highest BCUT2D eigenvalue weighted by molar-refractivity contribution is 6.31. The van der Waals surface area contributed by atoms with Crippen LogP contribution in [0.25, 0.3) is 0 Å². The van der Waals surface area contributed by atoms with Crippen LogP contribution in [0.4, 0.5) is 0 Å². The number of benzene rings is 1. The Hall–Kier alpha value is -2.51. The van der Waals surface area contributed by atoms with Crippen molar-refractivity contribution in [3.05, 3.63) is 58.9 Å². The first-order chi connectivity index (χ1) is 16.6. The van der Waals surface area contributed by atoms with Gasteiger partial charge in [-0.15, -0.1) is 5.10 Å². The topological polar surface area (TPSA) is 82.5 Å². The lowest BCUT2D eigenvalue weighted by Gasteiger charge is -2.35. The van der Waals surface area contributed by atoms with Crippen LogP contribution in [0.1, 0.15) is 56.2 Å². The number of hydrogen-bond donors (Lipinski definition) is 2. The molecule has 2 saturated carbocycles. The van der Waals surface area contributed by atoms with E-state index in [2.05, 4.69) is 31.8 Å². The van der Waals surface area contributed by atoms with Gasteiger partial charge in [-0.2, -0.15) is 5.10 Å². The number of carbonyl (C=O) groups excluding carboxylic acids is 1. The quantitative estimate of drug-likeness (QED) is 0.423. The Balaban J connectivity index is 1.23. The fraction of sp³-hybridized carbons (Fsp3) is 0.538. The summed E-state index contributed by atoms with van der Waals surface area (Å²) in [5.74, 6) is 1.67. The van der Waals surface area contributed by atoms with E-state index in [9.17, 15) is 4.79 Å². The molecule has 3 fully saturated rings. The molecule has 34 heavy (non-hydrogen) atoms. The third-order valence-electron chi connectivity index (χ3n) is 7.14. The normalized spacial score (nSPS) is 20.3. The fourth-order valence-corrected chi connectivity index (χ4v) is 4.78. The van der Waals surface area contributed by atoms with E-state index in [0.29, 0.717) is 6.04 Å². The molecule has 2 N–H and O–H groups in total. The maximum absolute atomic E-state index is 13.0. The lowest BCUT2D eigenvalue weighted by Crippen LogP contribution is -2.46. The van der Waals surface area contributed by atoms with Crippen molar-refractivity contribution < 1.29 is 4.79 Å². The molecule has 1 aromatic heterocycles. The maximum Gasteiger partial charge on any atom is 0.248 e. The molecule has 8 heteroatoms. The summed E-state index contributed by atoms with van der Waals surface area (Å²) in [7, 11) is 0. The van der Waals surface area contributed by atoms with Gasteiger partial charge in [-0.3, -0.25) is 4.79 Å². The Morgan fingerprint density at radius 2 is 1.91 bits per heavy atom. The van der Waals surface area contributed by atoms with E-state index in [4.69, 9.17) is 16.6 Å². The van der Waals surface area contributed by atoms with Crippen LogP contribution in [0.15, 0.2) is 47.6 Å². The zero-order chi connectivity index (χ0) is 23.4. The van der Waals surface area contributed by atoms with Gasteiger partial charge < -0.3 is 15.5 Å². The van der Waals surface area contributed by atoms with E-state index in [-0.39, 0.29) is 5.91 Å². The summed E-state index contributed by atoms with van der Waals surface area (Å²) in [5.41, 5.74) is 1.22. The van der Waals surface area contributed by atoms with Gasteiger partial charge in [0, 0.05) is 43.4 Å². The molecule has 0 bridgehead atoms. The molecule has 3 aliphatic rings. The van der Waals surface area contributed by atoms with E-state index in [1.165, 1.54) is 12.8 Å². The molecule has 0 radical (unpaired) electrons. The van der Waals surface area contributed by atoms with Crippen molar-refractivity contribution in [2.24, 2.45) is 10.9 Å². The summed E-state index contributed by atoms with van der Waals surface area (Å²) in [6.07, 6.45) is 8.93. The third kappa shape index (κ3) is 5.76. The van der Waals surface area contributed by atoms with Gasteiger partial charge in [0.2, 0.25) is 5.91 Å². The Bertz CT molecular complexity index is 1010. The highest BCUT2D eigenvalue weighted by atomic mass is 35.5. The highest BCUT2D eigenvalue weighted by Gasteiger charge is 2.51. The van der Waals surface area contributed by atoms with Crippen molar-refractivity contribution >= 4 is 23.3 Å². The molecule has 5 rings (SSSR count). The van der Waals surface area contributed by atoms with Crippen LogP contribution in [0.3, 0.4) is 0 Å². The standard InChI is InChI=1S/C26H33ClN6O/c27-22-5-2-1-4-20(22)18-29-21-10-16-33(17-11-21)24(23-6-3-14-30-32-23)31-26(12-13-26)25(34)28-15-9-19-7-8-19/h1-6,14,19,21,29H,7-13,15-18H2,(H,28,34). The average molecular weight is 481 g/mol. The number of likely N-dealkylation sites (tertiary alicyclic amines) is 1. The highest BCUT2D eigenvalue weighted by Crippen LogP contribution is 2.41. The van der Waals surface area contributed by atoms with Crippen LogP contribution in [-0.2, 0) is 11.3 Å². The number of nitrogens with one attached hydrogen (secondary N) is 2. The van der Waals surface area contributed by atoms with Crippen LogP contribution in [-0.4, -0.2) is 58.1 Å². The van der Waals surface area contributed by atoms with E-state index < -0.39 is 5.54 Å². The predicted molar refractivity (Wildman–Crippen MR) is 134 cm³/mol. The molecular formula is C26H33ClN6O. The number of amides is 1. The zero-order valence-corrected chi connectivity index (χ0v) is 20.3. The lowest BCUT2D eigenvalue weighted by atomic mass is 10.0. The molecule has 180 valence electrons. The number of amidine groups is 1. The smallest absolute Gasteiger partial charge is 0.248 e. The summed E-state index contributed by atoms with van der Waals surface area (Å²) in [6.45, 7) is 3.23. The number of hydrogen-bond acceptors (Lipinski definition) is 5. The second-order valence-corrected chi connectivity index (χ2v) is 10.2. The van der Waals surface area contributed by atoms with E-state index in [1.807, 2.05) is 30.3 Å². The number of aliphatic imine (C=N–C) groups is 1. The Kier molecular flexibility index (Phi) is 7.11. The molecule has 0 atom stereocenters. The molecule has 1 aromatic carbocycles. The summed E-state index contributed by atoms with van der Waals surface area (Å²) in [6, 6.07) is 12.2. The van der Waals surface area contributed by atoms with E-state index in [0.717, 1.165) is 86.3 Å². The molecule has 2 aromatic rings. The average Bonchev–Trinajstić information content (AvgIpc) is 3.80. The van der Waals surface area contributed by atoms with Gasteiger partial charge in [0.1, 0.15) is 11.2 Å². The summed E-state index contributed by atoms with van der Waals surface area (Å²) in [4.78, 5) is 20.3. The molecular weight excluding hydrogens is 448 g/mol. The van der Waals surface area contributed by atoms with Gasteiger partial charge in [-0.05, 0) is 61.8 Å². The van der Waals surface area contributed by atoms with Crippen molar-refractivity contribution in [2.75, 3.05) is 19.6 Å². The number of carbonyl (C=O) groups is 1. The van der Waals surface area contributed by atoms with Crippen LogP contribution >= 0.6 is 11.6 Å². The molecule has 0 spiro atoms. The van der Waals surface area contributed by atoms with Crippen molar-refractivity contribution in [3.8, 4) is 0 Å². The minimum absolute atomic E-state index is 0.0610. The molecule has 2 aliphatic carbocycles. The van der Waals surface area contributed by atoms with Gasteiger partial charge in [-0.25, -0.2) is 4.99 Å². The first kappa shape index (κ1) is 23.2. The molecule has 7 nitrogen and oxygen atoms in total. The maximum atomic E-state index is 13.0. The fourth-order valence-electron chi connectivity index (χ4n) is 4.57. The van der Waals surface area contributed by atoms with E-state index >= 15 is 0 Å². The Morgan fingerprint density at radius 3 is 2.59 bits per heavy atom. The lowest BCUT2D eigenvalue weighted by molar-refractivity contribution is -0.123. The number of nitrogens with zero attached hydrogens (tertiary/aromatic N) is 4. The van der Waals surface area contributed by atoms with Crippen molar-refractivity contribution in [3.63, 3.8) is 0 Å². The number of aromatic nitrogens is 2. The largest absolute Gasteiger partial charge is 0.355 e. The molecule has 1 aliphatic heterocycles.